The molecule has 3 heterocycles. The van der Waals surface area contributed by atoms with E-state index in [4.69, 9.17) is 4.74 Å². The summed E-state index contributed by atoms with van der Waals surface area (Å²) in [4.78, 5) is 37.3. The Hall–Kier alpha value is -4.29. The lowest BCUT2D eigenvalue weighted by Gasteiger charge is -2.34. The summed E-state index contributed by atoms with van der Waals surface area (Å²) in [6.45, 7) is 2.07. The maximum atomic E-state index is 13.4. The van der Waals surface area contributed by atoms with Crippen molar-refractivity contribution >= 4 is 22.5 Å². The zero-order valence-electron chi connectivity index (χ0n) is 21.1. The Kier molecular flexibility index (Phi) is 6.51. The molecule has 0 radical (unpaired) electrons. The third kappa shape index (κ3) is 5.03. The van der Waals surface area contributed by atoms with Crippen LogP contribution in [0.4, 0.5) is 18.9 Å². The first-order valence-corrected chi connectivity index (χ1v) is 12.7. The molecule has 6 rings (SSSR count). The number of ether oxygens (including phenoxy) is 2. The van der Waals surface area contributed by atoms with Crippen LogP contribution in [0.5, 0.6) is 5.75 Å². The van der Waals surface area contributed by atoms with E-state index in [1.807, 2.05) is 11.0 Å². The number of rotatable bonds is 6. The molecule has 1 aliphatic carbocycles. The minimum atomic E-state index is -4.98. The Morgan fingerprint density at radius 2 is 1.85 bits per heavy atom. The van der Waals surface area contributed by atoms with E-state index in [2.05, 4.69) is 20.0 Å². The molecule has 2 aromatic heterocycles. The van der Waals surface area contributed by atoms with E-state index in [1.54, 1.807) is 36.7 Å². The smallest absolute Gasteiger partial charge is 0.404 e. The zero-order chi connectivity index (χ0) is 27.9. The molecular formula is C28H24F3N5O4. The standard InChI is InChI=1S/C28H24F3N5O4/c29-28(30,31)40-24-6-4-20(15-23(24)34-26(38)27(7-8-27)35-10-12-39-13-11-35)36-17-33-22-14-18(3-5-21(22)25(36)37)19-2-1-9-32-16-19/h1-6,9,14-17H,7-8,10-13H2,(H,34,38). The molecule has 1 N–H and O–H groups in total. The molecule has 9 nitrogen and oxygen atoms in total. The second-order valence-corrected chi connectivity index (χ2v) is 9.71. The maximum absolute atomic E-state index is 13.4. The molecule has 4 aromatic rings. The summed E-state index contributed by atoms with van der Waals surface area (Å²) in [6, 6.07) is 12.6. The molecule has 206 valence electrons. The van der Waals surface area contributed by atoms with Crippen molar-refractivity contribution in [3.05, 3.63) is 77.6 Å². The lowest BCUT2D eigenvalue weighted by atomic mass is 10.1. The third-order valence-corrected chi connectivity index (χ3v) is 7.23. The lowest BCUT2D eigenvalue weighted by molar-refractivity contribution is -0.274. The average Bonchev–Trinajstić information content (AvgIpc) is 3.77. The van der Waals surface area contributed by atoms with Crippen LogP contribution in [0.1, 0.15) is 12.8 Å². The minimum absolute atomic E-state index is 0.196. The number of nitrogens with zero attached hydrogens (tertiary/aromatic N) is 4. The van der Waals surface area contributed by atoms with Crippen LogP contribution >= 0.6 is 0 Å². The highest BCUT2D eigenvalue weighted by Crippen LogP contribution is 2.44. The summed E-state index contributed by atoms with van der Waals surface area (Å²) >= 11 is 0. The van der Waals surface area contributed by atoms with Crippen molar-refractivity contribution in [2.45, 2.75) is 24.7 Å². The van der Waals surface area contributed by atoms with Gasteiger partial charge in [0.1, 0.15) is 11.9 Å². The number of carbonyl (C=O) groups excluding carboxylic acids is 1. The molecule has 12 heteroatoms. The SMILES string of the molecule is O=C(Nc1cc(-n2cnc3cc(-c4cccnc4)ccc3c2=O)ccc1OC(F)(F)F)C1(N2CCOCC2)CC1. The van der Waals surface area contributed by atoms with Crippen molar-refractivity contribution in [3.63, 3.8) is 0 Å². The summed E-state index contributed by atoms with van der Waals surface area (Å²) < 4.78 is 50.4. The largest absolute Gasteiger partial charge is 0.573 e. The van der Waals surface area contributed by atoms with Crippen molar-refractivity contribution in [1.82, 2.24) is 19.4 Å². The molecule has 1 amide bonds. The normalized spacial score (nSPS) is 17.0. The van der Waals surface area contributed by atoms with Crippen LogP contribution < -0.4 is 15.6 Å². The highest BCUT2D eigenvalue weighted by atomic mass is 19.4. The first-order chi connectivity index (χ1) is 19.2. The van der Waals surface area contributed by atoms with E-state index in [0.717, 1.165) is 17.2 Å². The number of amides is 1. The monoisotopic (exact) mass is 551 g/mol. The van der Waals surface area contributed by atoms with Gasteiger partial charge in [-0.1, -0.05) is 12.1 Å². The Morgan fingerprint density at radius 3 is 2.55 bits per heavy atom. The van der Waals surface area contributed by atoms with Crippen LogP contribution in [-0.4, -0.2) is 63.5 Å². The summed E-state index contributed by atoms with van der Waals surface area (Å²) in [6.07, 6.45) is 0.866. The quantitative estimate of drug-likeness (QED) is 0.385. The Morgan fingerprint density at radius 1 is 1.05 bits per heavy atom. The van der Waals surface area contributed by atoms with Crippen LogP contribution in [0.2, 0.25) is 0 Å². The van der Waals surface area contributed by atoms with Gasteiger partial charge in [0.25, 0.3) is 5.56 Å². The number of morpholine rings is 1. The highest BCUT2D eigenvalue weighted by Gasteiger charge is 2.54. The van der Waals surface area contributed by atoms with Crippen LogP contribution in [-0.2, 0) is 9.53 Å². The minimum Gasteiger partial charge on any atom is -0.404 e. The average molecular weight is 552 g/mol. The molecule has 1 aliphatic heterocycles. The number of benzene rings is 2. The van der Waals surface area contributed by atoms with Gasteiger partial charge in [-0.25, -0.2) is 4.98 Å². The fourth-order valence-electron chi connectivity index (χ4n) is 5.03. The van der Waals surface area contributed by atoms with Gasteiger partial charge < -0.3 is 14.8 Å². The predicted octanol–water partition coefficient (Wildman–Crippen LogP) is 4.15. The number of hydrogen-bond donors (Lipinski definition) is 1. The Bertz CT molecular complexity index is 1630. The second-order valence-electron chi connectivity index (χ2n) is 9.71. The van der Waals surface area contributed by atoms with E-state index in [-0.39, 0.29) is 11.4 Å². The van der Waals surface area contributed by atoms with Crippen molar-refractivity contribution in [1.29, 1.82) is 0 Å². The first kappa shape index (κ1) is 26.0. The van der Waals surface area contributed by atoms with E-state index in [0.29, 0.717) is 50.0 Å². The van der Waals surface area contributed by atoms with E-state index < -0.39 is 29.1 Å². The fraction of sp³-hybridized carbons (Fsp3) is 0.286. The Balaban J connectivity index is 1.35. The van der Waals surface area contributed by atoms with Gasteiger partial charge in [-0.3, -0.25) is 24.0 Å². The number of halogens is 3. The number of carbonyl (C=O) groups is 1. The summed E-state index contributed by atoms with van der Waals surface area (Å²) in [5, 5.41) is 2.96. The number of nitrogens with one attached hydrogen (secondary N) is 1. The topological polar surface area (TPSA) is 98.6 Å². The molecule has 0 atom stereocenters. The van der Waals surface area contributed by atoms with E-state index in [1.165, 1.54) is 23.0 Å². The highest BCUT2D eigenvalue weighted by molar-refractivity contribution is 6.01. The first-order valence-electron chi connectivity index (χ1n) is 12.7. The molecule has 0 unspecified atom stereocenters. The second kappa shape index (κ2) is 10.0. The van der Waals surface area contributed by atoms with Crippen molar-refractivity contribution in [2.75, 3.05) is 31.6 Å². The summed E-state index contributed by atoms with van der Waals surface area (Å²) in [5.74, 6) is -1.00. The number of anilines is 1. The molecule has 2 fully saturated rings. The van der Waals surface area contributed by atoms with Gasteiger partial charge in [0, 0.05) is 31.0 Å². The van der Waals surface area contributed by atoms with E-state index in [9.17, 15) is 22.8 Å². The van der Waals surface area contributed by atoms with Crippen molar-refractivity contribution < 1.29 is 27.4 Å². The van der Waals surface area contributed by atoms with Crippen LogP contribution in [0, 0.1) is 0 Å². The molecule has 0 spiro atoms. The lowest BCUT2D eigenvalue weighted by Crippen LogP contribution is -2.51. The van der Waals surface area contributed by atoms with Crippen molar-refractivity contribution in [2.24, 2.45) is 0 Å². The van der Waals surface area contributed by atoms with Gasteiger partial charge in [0.05, 0.1) is 35.5 Å². The molecule has 1 saturated heterocycles. The number of pyridine rings is 1. The van der Waals surface area contributed by atoms with Gasteiger partial charge in [-0.05, 0) is 54.8 Å². The predicted molar refractivity (Wildman–Crippen MR) is 140 cm³/mol. The third-order valence-electron chi connectivity index (χ3n) is 7.23. The molecule has 40 heavy (non-hydrogen) atoms. The summed E-state index contributed by atoms with van der Waals surface area (Å²) in [7, 11) is 0. The summed E-state index contributed by atoms with van der Waals surface area (Å²) in [5.41, 5.74) is 0.948. The van der Waals surface area contributed by atoms with Gasteiger partial charge in [0.15, 0.2) is 5.75 Å². The molecule has 2 aromatic carbocycles. The maximum Gasteiger partial charge on any atom is 0.573 e. The zero-order valence-corrected chi connectivity index (χ0v) is 21.1. The number of hydrogen-bond acceptors (Lipinski definition) is 7. The van der Waals surface area contributed by atoms with E-state index >= 15 is 0 Å². The Labute approximate surface area is 226 Å². The number of fused-ring (bicyclic) bond motifs is 1. The van der Waals surface area contributed by atoms with Gasteiger partial charge in [0.2, 0.25) is 5.91 Å². The fourth-order valence-corrected chi connectivity index (χ4v) is 5.03. The molecule has 0 bridgehead atoms. The van der Waals surface area contributed by atoms with Crippen LogP contribution in [0.3, 0.4) is 0 Å². The van der Waals surface area contributed by atoms with Crippen molar-refractivity contribution in [3.8, 4) is 22.6 Å². The van der Waals surface area contributed by atoms with Gasteiger partial charge in [-0.2, -0.15) is 0 Å². The number of aromatic nitrogens is 3. The van der Waals surface area contributed by atoms with Gasteiger partial charge in [-0.15, -0.1) is 13.2 Å². The van der Waals surface area contributed by atoms with Gasteiger partial charge >= 0.3 is 6.36 Å². The number of alkyl halides is 3. The molecule has 1 saturated carbocycles. The van der Waals surface area contributed by atoms with Crippen LogP contribution in [0.15, 0.2) is 72.0 Å². The molecule has 2 aliphatic rings. The molecular weight excluding hydrogens is 527 g/mol. The van der Waals surface area contributed by atoms with Crippen LogP contribution in [0.25, 0.3) is 27.7 Å².